The summed E-state index contributed by atoms with van der Waals surface area (Å²) in [4.78, 5) is 31.8. The Balaban J connectivity index is 1.93. The van der Waals surface area contributed by atoms with E-state index >= 15 is 0 Å². The molecule has 0 aliphatic rings. The predicted molar refractivity (Wildman–Crippen MR) is 103 cm³/mol. The van der Waals surface area contributed by atoms with E-state index in [2.05, 4.69) is 20.6 Å². The molecule has 26 heavy (non-hydrogen) atoms. The number of nitrogens with one attached hydrogen (secondary N) is 2. The van der Waals surface area contributed by atoms with Crippen molar-refractivity contribution in [3.8, 4) is 0 Å². The van der Waals surface area contributed by atoms with Crippen LogP contribution in [0, 0.1) is 0 Å². The third kappa shape index (κ3) is 3.72. The third-order valence-corrected chi connectivity index (χ3v) is 4.62. The lowest BCUT2D eigenvalue weighted by atomic mass is 10.2. The van der Waals surface area contributed by atoms with Crippen molar-refractivity contribution in [1.29, 1.82) is 0 Å². The quantitative estimate of drug-likeness (QED) is 0.503. The van der Waals surface area contributed by atoms with Gasteiger partial charge in [-0.3, -0.25) is 9.59 Å². The average molecular weight is 370 g/mol. The molecule has 6 N–H and O–H groups in total. The second-order valence-electron chi connectivity index (χ2n) is 5.62. The second kappa shape index (κ2) is 7.36. The Labute approximate surface area is 153 Å². The molecule has 8 nitrogen and oxygen atoms in total. The summed E-state index contributed by atoms with van der Waals surface area (Å²) in [5.41, 5.74) is 14.4. The average Bonchev–Trinajstić information content (AvgIpc) is 3.07. The van der Waals surface area contributed by atoms with Crippen molar-refractivity contribution in [2.24, 2.45) is 11.5 Å². The van der Waals surface area contributed by atoms with E-state index in [0.29, 0.717) is 18.1 Å². The summed E-state index contributed by atoms with van der Waals surface area (Å²) in [7, 11) is 0. The van der Waals surface area contributed by atoms with E-state index in [9.17, 15) is 9.59 Å². The molecule has 0 saturated carbocycles. The summed E-state index contributed by atoms with van der Waals surface area (Å²) >= 11 is 1.51. The van der Waals surface area contributed by atoms with Gasteiger partial charge in [0.2, 0.25) is 5.91 Å². The zero-order chi connectivity index (χ0) is 18.7. The van der Waals surface area contributed by atoms with Crippen LogP contribution in [0.2, 0.25) is 0 Å². The van der Waals surface area contributed by atoms with Gasteiger partial charge in [0.25, 0.3) is 5.91 Å². The van der Waals surface area contributed by atoms with Crippen molar-refractivity contribution in [2.75, 3.05) is 10.6 Å². The minimum atomic E-state index is -0.604. The highest BCUT2D eigenvalue weighted by atomic mass is 32.1. The van der Waals surface area contributed by atoms with Gasteiger partial charge >= 0.3 is 0 Å². The normalized spacial score (nSPS) is 11.9. The van der Waals surface area contributed by atoms with Crippen LogP contribution in [-0.4, -0.2) is 27.8 Å². The first-order chi connectivity index (χ1) is 12.5. The van der Waals surface area contributed by atoms with Crippen LogP contribution in [0.4, 0.5) is 17.3 Å². The van der Waals surface area contributed by atoms with Crippen LogP contribution < -0.4 is 22.1 Å². The molecule has 0 radical (unpaired) electrons. The summed E-state index contributed by atoms with van der Waals surface area (Å²) in [5.74, 6) is -0.362. The largest absolute Gasteiger partial charge is 0.368 e. The number of nitrogens with two attached hydrogens (primary N) is 2. The molecule has 0 aliphatic heterocycles. The molecule has 2 heterocycles. The number of carbonyl (C=O) groups is 2. The summed E-state index contributed by atoms with van der Waals surface area (Å²) in [6.07, 6.45) is 0.513. The number of amides is 2. The predicted octanol–water partition coefficient (Wildman–Crippen LogP) is 2.21. The summed E-state index contributed by atoms with van der Waals surface area (Å²) in [6.45, 7) is 1.84. The van der Waals surface area contributed by atoms with Crippen molar-refractivity contribution in [1.82, 2.24) is 9.97 Å². The van der Waals surface area contributed by atoms with Gasteiger partial charge in [-0.2, -0.15) is 0 Å². The number of fused-ring (bicyclic) bond motifs is 1. The molecule has 1 aromatic carbocycles. The van der Waals surface area contributed by atoms with Gasteiger partial charge < -0.3 is 22.1 Å². The fourth-order valence-electron chi connectivity index (χ4n) is 2.46. The Morgan fingerprint density at radius 3 is 2.73 bits per heavy atom. The van der Waals surface area contributed by atoms with Gasteiger partial charge in [-0.05, 0) is 36.8 Å². The molecule has 2 aromatic heterocycles. The molecule has 0 aliphatic carbocycles. The van der Waals surface area contributed by atoms with Gasteiger partial charge in [-0.25, -0.2) is 9.97 Å². The van der Waals surface area contributed by atoms with Gasteiger partial charge in [0.15, 0.2) is 0 Å². The molecule has 9 heteroatoms. The number of benzene rings is 1. The first kappa shape index (κ1) is 17.6. The van der Waals surface area contributed by atoms with E-state index in [1.54, 1.807) is 17.6 Å². The number of pyridine rings is 1. The van der Waals surface area contributed by atoms with Gasteiger partial charge in [-0.15, -0.1) is 11.3 Å². The van der Waals surface area contributed by atoms with E-state index < -0.39 is 17.9 Å². The van der Waals surface area contributed by atoms with Gasteiger partial charge in [0, 0.05) is 5.69 Å². The van der Waals surface area contributed by atoms with Crippen LogP contribution in [-0.2, 0) is 4.79 Å². The Hall–Kier alpha value is -3.20. The Morgan fingerprint density at radius 1 is 1.23 bits per heavy atom. The molecular formula is C17H18N6O2S. The molecule has 134 valence electrons. The number of hydrogen-bond acceptors (Lipinski definition) is 7. The van der Waals surface area contributed by atoms with Gasteiger partial charge in [0.1, 0.15) is 17.7 Å². The molecule has 3 aromatic rings. The van der Waals surface area contributed by atoms with Crippen molar-refractivity contribution >= 4 is 50.7 Å². The van der Waals surface area contributed by atoms with Crippen LogP contribution >= 0.6 is 11.3 Å². The Bertz CT molecular complexity index is 971. The molecule has 0 spiro atoms. The number of primary amides is 2. The molecule has 2 amide bonds. The SMILES string of the molecule is CC[C@@H](Nc1ccc(C(N)=O)c(Nc2ccc3ncsc3c2)n1)C(N)=O. The first-order valence-electron chi connectivity index (χ1n) is 7.95. The number of carbonyl (C=O) groups excluding carboxylic acids is 2. The van der Waals surface area contributed by atoms with Gasteiger partial charge in [-0.1, -0.05) is 6.92 Å². The molecule has 0 fully saturated rings. The van der Waals surface area contributed by atoms with E-state index in [0.717, 1.165) is 15.9 Å². The molecular weight excluding hydrogens is 352 g/mol. The third-order valence-electron chi connectivity index (χ3n) is 3.83. The maximum Gasteiger partial charge on any atom is 0.252 e. The highest BCUT2D eigenvalue weighted by Gasteiger charge is 2.16. The van der Waals surface area contributed by atoms with Crippen LogP contribution in [0.3, 0.4) is 0 Å². The number of aromatic nitrogens is 2. The van der Waals surface area contributed by atoms with Gasteiger partial charge in [0.05, 0.1) is 21.3 Å². The maximum atomic E-state index is 11.7. The zero-order valence-electron chi connectivity index (χ0n) is 14.0. The summed E-state index contributed by atoms with van der Waals surface area (Å²) in [5, 5.41) is 6.07. The smallest absolute Gasteiger partial charge is 0.252 e. The van der Waals surface area contributed by atoms with Crippen LogP contribution in [0.25, 0.3) is 10.2 Å². The highest BCUT2D eigenvalue weighted by molar-refractivity contribution is 7.16. The molecule has 0 bridgehead atoms. The topological polar surface area (TPSA) is 136 Å². The second-order valence-corrected chi connectivity index (χ2v) is 6.51. The number of hydrogen-bond donors (Lipinski definition) is 4. The number of rotatable bonds is 7. The zero-order valence-corrected chi connectivity index (χ0v) is 14.8. The fraction of sp³-hybridized carbons (Fsp3) is 0.176. The lowest BCUT2D eigenvalue weighted by Crippen LogP contribution is -2.35. The lowest BCUT2D eigenvalue weighted by molar-refractivity contribution is -0.118. The highest BCUT2D eigenvalue weighted by Crippen LogP contribution is 2.26. The van der Waals surface area contributed by atoms with Crippen LogP contribution in [0.5, 0.6) is 0 Å². The minimum Gasteiger partial charge on any atom is -0.368 e. The molecule has 3 rings (SSSR count). The minimum absolute atomic E-state index is 0.243. The standard InChI is InChI=1S/C17H18N6O2S/c1-2-11(16(19)25)22-14-6-4-10(15(18)24)17(23-14)21-9-3-5-12-13(7-9)26-8-20-12/h3-8,11H,2H2,1H3,(H2,18,24)(H2,19,25)(H2,21,22,23)/t11-/m1/s1. The summed E-state index contributed by atoms with van der Waals surface area (Å²) < 4.78 is 1.00. The van der Waals surface area contributed by atoms with E-state index in [1.165, 1.54) is 11.3 Å². The van der Waals surface area contributed by atoms with Crippen LogP contribution in [0.1, 0.15) is 23.7 Å². The van der Waals surface area contributed by atoms with Crippen molar-refractivity contribution < 1.29 is 9.59 Å². The molecule has 0 unspecified atom stereocenters. The van der Waals surface area contributed by atoms with E-state index in [-0.39, 0.29) is 5.56 Å². The monoisotopic (exact) mass is 370 g/mol. The van der Waals surface area contributed by atoms with Crippen molar-refractivity contribution in [3.63, 3.8) is 0 Å². The number of anilines is 3. The molecule has 0 saturated heterocycles. The molecule has 1 atom stereocenters. The summed E-state index contributed by atoms with van der Waals surface area (Å²) in [6, 6.07) is 8.22. The van der Waals surface area contributed by atoms with E-state index in [4.69, 9.17) is 11.5 Å². The Morgan fingerprint density at radius 2 is 2.04 bits per heavy atom. The van der Waals surface area contributed by atoms with E-state index in [1.807, 2.05) is 25.1 Å². The lowest BCUT2D eigenvalue weighted by Gasteiger charge is -2.16. The number of thiazole rings is 1. The van der Waals surface area contributed by atoms with Crippen LogP contribution in [0.15, 0.2) is 35.8 Å². The first-order valence-corrected chi connectivity index (χ1v) is 8.83. The Kier molecular flexibility index (Phi) is 4.99. The maximum absolute atomic E-state index is 11.7. The van der Waals surface area contributed by atoms with Crippen molar-refractivity contribution in [3.05, 3.63) is 41.4 Å². The fourth-order valence-corrected chi connectivity index (χ4v) is 3.17. The van der Waals surface area contributed by atoms with Crippen molar-refractivity contribution in [2.45, 2.75) is 19.4 Å². The number of nitrogens with zero attached hydrogens (tertiary/aromatic N) is 2.